The number of halogens is 2. The third-order valence-corrected chi connectivity index (χ3v) is 6.82. The Morgan fingerprint density at radius 2 is 1.20 bits per heavy atom. The summed E-state index contributed by atoms with van der Waals surface area (Å²) in [6.07, 6.45) is 4.22. The number of hydrogen-bond donors (Lipinski definition) is 0. The van der Waals surface area contributed by atoms with Crippen LogP contribution in [0.2, 0.25) is 0 Å². The lowest BCUT2D eigenvalue weighted by atomic mass is 10.0. The third-order valence-electron chi connectivity index (χ3n) is 5.83. The van der Waals surface area contributed by atoms with Gasteiger partial charge in [-0.1, -0.05) is 62.2 Å². The molecule has 0 saturated carbocycles. The van der Waals surface area contributed by atoms with E-state index in [1.54, 1.807) is 0 Å². The monoisotopic (exact) mass is 584 g/mol. The van der Waals surface area contributed by atoms with Crippen molar-refractivity contribution in [1.82, 2.24) is 9.97 Å². The van der Waals surface area contributed by atoms with E-state index < -0.39 is 0 Å². The van der Waals surface area contributed by atoms with Gasteiger partial charge in [0.05, 0.1) is 0 Å². The van der Waals surface area contributed by atoms with Crippen LogP contribution in [-0.2, 0) is 0 Å². The molecule has 2 aromatic heterocycles. The van der Waals surface area contributed by atoms with Gasteiger partial charge in [0.25, 0.3) is 0 Å². The zero-order valence-corrected chi connectivity index (χ0v) is 21.8. The first kappa shape index (κ1) is 22.0. The Hall–Kier alpha value is -3.48. The van der Waals surface area contributed by atoms with Crippen molar-refractivity contribution in [2.45, 2.75) is 6.92 Å². The molecule has 4 nitrogen and oxygen atoms in total. The van der Waals surface area contributed by atoms with E-state index in [0.29, 0.717) is 11.8 Å². The summed E-state index contributed by atoms with van der Waals surface area (Å²) in [7, 11) is 0. The fraction of sp³-hybridized carbons (Fsp3) is 0.0345. The summed E-state index contributed by atoms with van der Waals surface area (Å²) >= 11 is 6.96. The molecule has 6 heteroatoms. The highest BCUT2D eigenvalue weighted by molar-refractivity contribution is 9.10. The van der Waals surface area contributed by atoms with Gasteiger partial charge in [-0.2, -0.15) is 0 Å². The van der Waals surface area contributed by atoms with Crippen LogP contribution in [0.3, 0.4) is 0 Å². The van der Waals surface area contributed by atoms with Gasteiger partial charge in [0.15, 0.2) is 11.2 Å². The van der Waals surface area contributed by atoms with Crippen LogP contribution in [0.1, 0.15) is 16.7 Å². The van der Waals surface area contributed by atoms with E-state index >= 15 is 0 Å². The Bertz CT molecular complexity index is 1730. The number of rotatable bonds is 4. The molecule has 0 N–H and O–H groups in total. The van der Waals surface area contributed by atoms with Gasteiger partial charge in [-0.3, -0.25) is 0 Å². The van der Waals surface area contributed by atoms with E-state index in [9.17, 15) is 0 Å². The van der Waals surface area contributed by atoms with Crippen molar-refractivity contribution >= 4 is 66.2 Å². The molecule has 0 aliphatic heterocycles. The first-order valence-corrected chi connectivity index (χ1v) is 12.6. The molecule has 35 heavy (non-hydrogen) atoms. The summed E-state index contributed by atoms with van der Waals surface area (Å²) < 4.78 is 13.8. The summed E-state index contributed by atoms with van der Waals surface area (Å²) in [4.78, 5) is 9.23. The van der Waals surface area contributed by atoms with E-state index in [0.717, 1.165) is 59.0 Å². The maximum Gasteiger partial charge on any atom is 0.227 e. The molecule has 6 aromatic rings. The Labute approximate surface area is 218 Å². The van der Waals surface area contributed by atoms with Gasteiger partial charge in [0, 0.05) is 20.1 Å². The number of aromatic nitrogens is 2. The first-order valence-electron chi connectivity index (χ1n) is 11.0. The second-order valence-corrected chi connectivity index (χ2v) is 10.1. The van der Waals surface area contributed by atoms with Crippen LogP contribution in [0, 0.1) is 6.92 Å². The summed E-state index contributed by atoms with van der Waals surface area (Å²) in [5, 5.41) is 0. The molecular formula is C29H18Br2N2O2. The smallest absolute Gasteiger partial charge is 0.227 e. The van der Waals surface area contributed by atoms with E-state index in [1.165, 1.54) is 0 Å². The molecule has 0 aliphatic rings. The quantitative estimate of drug-likeness (QED) is 0.193. The van der Waals surface area contributed by atoms with Crippen molar-refractivity contribution in [3.05, 3.63) is 104 Å². The topological polar surface area (TPSA) is 52.1 Å². The van der Waals surface area contributed by atoms with Gasteiger partial charge in [0.1, 0.15) is 11.0 Å². The Morgan fingerprint density at radius 3 is 1.80 bits per heavy atom. The van der Waals surface area contributed by atoms with Crippen molar-refractivity contribution < 1.29 is 8.83 Å². The van der Waals surface area contributed by atoms with E-state index in [2.05, 4.69) is 85.2 Å². The predicted octanol–water partition coefficient (Wildman–Crippen LogP) is 9.31. The molecule has 0 unspecified atom stereocenters. The first-order chi connectivity index (χ1) is 17.0. The molecule has 0 amide bonds. The van der Waals surface area contributed by atoms with Crippen LogP contribution in [0.4, 0.5) is 0 Å². The maximum atomic E-state index is 5.94. The van der Waals surface area contributed by atoms with E-state index in [1.807, 2.05) is 54.6 Å². The molecule has 0 fully saturated rings. The standard InChI is InChI=1S/C29H18Br2N2O2/c1-17-14-21(29-33-25-16-23(31)11-13-27(25)35-29)9-8-19(17)5-2-18-3-6-20(7-4-18)28-32-24-15-22(30)10-12-26(24)34-28/h2-16H,1H3. The molecule has 2 heterocycles. The molecule has 0 aliphatic carbocycles. The minimum absolute atomic E-state index is 0.617. The Morgan fingerprint density at radius 1 is 0.629 bits per heavy atom. The minimum Gasteiger partial charge on any atom is -0.436 e. The highest BCUT2D eigenvalue weighted by Gasteiger charge is 2.10. The average molecular weight is 586 g/mol. The zero-order valence-electron chi connectivity index (χ0n) is 18.6. The van der Waals surface area contributed by atoms with Gasteiger partial charge in [-0.25, -0.2) is 9.97 Å². The number of aryl methyl sites for hydroxylation is 1. The van der Waals surface area contributed by atoms with Gasteiger partial charge in [-0.15, -0.1) is 0 Å². The molecule has 0 spiro atoms. The fourth-order valence-electron chi connectivity index (χ4n) is 3.97. The van der Waals surface area contributed by atoms with Crippen molar-refractivity contribution in [2.24, 2.45) is 0 Å². The number of oxazole rings is 2. The maximum absolute atomic E-state index is 5.94. The predicted molar refractivity (Wildman–Crippen MR) is 148 cm³/mol. The lowest BCUT2D eigenvalue weighted by Crippen LogP contribution is -1.84. The molecule has 6 rings (SSSR count). The van der Waals surface area contributed by atoms with Crippen LogP contribution in [0.25, 0.3) is 57.3 Å². The SMILES string of the molecule is Cc1cc(-c2nc3cc(Br)ccc3o2)ccc1C=Cc1ccc(-c2nc3cc(Br)ccc3o2)cc1. The Kier molecular flexibility index (Phi) is 5.63. The average Bonchev–Trinajstić information content (AvgIpc) is 3.47. The Balaban J connectivity index is 1.21. The molecule has 0 radical (unpaired) electrons. The van der Waals surface area contributed by atoms with Gasteiger partial charge < -0.3 is 8.83 Å². The minimum atomic E-state index is 0.617. The van der Waals surface area contributed by atoms with Gasteiger partial charge >= 0.3 is 0 Å². The number of hydrogen-bond acceptors (Lipinski definition) is 4. The molecule has 0 atom stereocenters. The van der Waals surface area contributed by atoms with Crippen molar-refractivity contribution in [3.63, 3.8) is 0 Å². The van der Waals surface area contributed by atoms with E-state index in [4.69, 9.17) is 8.83 Å². The summed E-state index contributed by atoms with van der Waals surface area (Å²) in [6.45, 7) is 2.09. The normalized spacial score (nSPS) is 11.7. The second-order valence-electron chi connectivity index (χ2n) is 8.29. The van der Waals surface area contributed by atoms with E-state index in [-0.39, 0.29) is 0 Å². The van der Waals surface area contributed by atoms with Crippen molar-refractivity contribution in [3.8, 4) is 22.9 Å². The lowest BCUT2D eigenvalue weighted by Gasteiger charge is -2.03. The van der Waals surface area contributed by atoms with Crippen LogP contribution in [-0.4, -0.2) is 9.97 Å². The lowest BCUT2D eigenvalue weighted by molar-refractivity contribution is 0.619. The van der Waals surface area contributed by atoms with Crippen molar-refractivity contribution in [2.75, 3.05) is 0 Å². The van der Waals surface area contributed by atoms with Crippen LogP contribution < -0.4 is 0 Å². The van der Waals surface area contributed by atoms with Crippen LogP contribution in [0.15, 0.2) is 96.6 Å². The van der Waals surface area contributed by atoms with Crippen LogP contribution >= 0.6 is 31.9 Å². The van der Waals surface area contributed by atoms with Gasteiger partial charge in [-0.05, 0) is 84.3 Å². The summed E-state index contributed by atoms with van der Waals surface area (Å²) in [6, 6.07) is 26.1. The number of fused-ring (bicyclic) bond motifs is 2. The molecular weight excluding hydrogens is 568 g/mol. The third kappa shape index (κ3) is 4.47. The molecule has 170 valence electrons. The zero-order chi connectivity index (χ0) is 23.9. The second kappa shape index (κ2) is 8.95. The molecule has 4 aromatic carbocycles. The summed E-state index contributed by atoms with van der Waals surface area (Å²) in [5.74, 6) is 1.24. The largest absolute Gasteiger partial charge is 0.436 e. The fourth-order valence-corrected chi connectivity index (χ4v) is 4.66. The highest BCUT2D eigenvalue weighted by Crippen LogP contribution is 2.29. The van der Waals surface area contributed by atoms with Crippen LogP contribution in [0.5, 0.6) is 0 Å². The summed E-state index contributed by atoms with van der Waals surface area (Å²) in [5.41, 5.74) is 8.52. The molecule has 0 bridgehead atoms. The highest BCUT2D eigenvalue weighted by atomic mass is 79.9. The number of benzene rings is 4. The van der Waals surface area contributed by atoms with Gasteiger partial charge in [0.2, 0.25) is 11.8 Å². The number of nitrogens with zero attached hydrogens (tertiary/aromatic N) is 2. The molecule has 0 saturated heterocycles. The van der Waals surface area contributed by atoms with Crippen molar-refractivity contribution in [1.29, 1.82) is 0 Å².